The van der Waals surface area contributed by atoms with Crippen LogP contribution < -0.4 is 4.90 Å². The normalized spacial score (nSPS) is 19.2. The average molecular weight is 289 g/mol. The van der Waals surface area contributed by atoms with Crippen molar-refractivity contribution in [3.63, 3.8) is 0 Å². The van der Waals surface area contributed by atoms with Crippen LogP contribution in [0, 0.1) is 11.3 Å². The van der Waals surface area contributed by atoms with Gasteiger partial charge in [0.05, 0.1) is 0 Å². The Labute approximate surface area is 125 Å². The molecule has 1 N–H and O–H groups in total. The molecule has 4 heteroatoms. The molecule has 1 aromatic carbocycles. The van der Waals surface area contributed by atoms with Crippen molar-refractivity contribution in [2.45, 2.75) is 46.6 Å². The molecule has 1 aliphatic rings. The Hall–Kier alpha value is -1.84. The summed E-state index contributed by atoms with van der Waals surface area (Å²) in [4.78, 5) is 25.6. The van der Waals surface area contributed by atoms with Gasteiger partial charge in [-0.3, -0.25) is 9.69 Å². The van der Waals surface area contributed by atoms with E-state index in [1.165, 1.54) is 4.90 Å². The Balaban J connectivity index is 2.27. The SMILES string of the molecule is CC(CC(=O)N1c2ccccc2CC1C(=O)O)C(C)(C)C. The van der Waals surface area contributed by atoms with Crippen LogP contribution >= 0.6 is 0 Å². The zero-order chi connectivity index (χ0) is 15.8. The van der Waals surface area contributed by atoms with E-state index >= 15 is 0 Å². The van der Waals surface area contributed by atoms with Crippen LogP contribution in [0.3, 0.4) is 0 Å². The number of para-hydroxylation sites is 1. The first-order valence-electron chi connectivity index (χ1n) is 7.34. The number of carboxylic acid groups (broad SMARTS) is 1. The van der Waals surface area contributed by atoms with E-state index < -0.39 is 12.0 Å². The predicted molar refractivity (Wildman–Crippen MR) is 82.3 cm³/mol. The fourth-order valence-electron chi connectivity index (χ4n) is 2.56. The van der Waals surface area contributed by atoms with Crippen LogP contribution in [0.5, 0.6) is 0 Å². The number of benzene rings is 1. The summed E-state index contributed by atoms with van der Waals surface area (Å²) in [5, 5.41) is 9.40. The van der Waals surface area contributed by atoms with Gasteiger partial charge in [-0.15, -0.1) is 0 Å². The zero-order valence-electron chi connectivity index (χ0n) is 13.1. The van der Waals surface area contributed by atoms with E-state index in [2.05, 4.69) is 20.8 Å². The molecule has 0 radical (unpaired) electrons. The molecule has 0 fully saturated rings. The van der Waals surface area contributed by atoms with Gasteiger partial charge in [-0.2, -0.15) is 0 Å². The Morgan fingerprint density at radius 1 is 1.33 bits per heavy atom. The fraction of sp³-hybridized carbons (Fsp3) is 0.529. The highest BCUT2D eigenvalue weighted by atomic mass is 16.4. The highest BCUT2D eigenvalue weighted by Gasteiger charge is 2.39. The van der Waals surface area contributed by atoms with Gasteiger partial charge in [-0.05, 0) is 23.0 Å². The van der Waals surface area contributed by atoms with E-state index in [0.717, 1.165) is 11.3 Å². The molecule has 0 spiro atoms. The second-order valence-electron chi connectivity index (χ2n) is 6.92. The number of anilines is 1. The molecule has 114 valence electrons. The minimum absolute atomic E-state index is 0.0215. The van der Waals surface area contributed by atoms with Crippen molar-refractivity contribution in [2.75, 3.05) is 4.90 Å². The third-order valence-corrected chi connectivity index (χ3v) is 4.49. The number of rotatable bonds is 3. The molecule has 0 saturated heterocycles. The molecule has 2 rings (SSSR count). The molecule has 2 atom stereocenters. The smallest absolute Gasteiger partial charge is 0.327 e. The number of nitrogens with zero attached hydrogens (tertiary/aromatic N) is 1. The number of carbonyl (C=O) groups excluding carboxylic acids is 1. The van der Waals surface area contributed by atoms with E-state index in [4.69, 9.17) is 0 Å². The van der Waals surface area contributed by atoms with E-state index in [9.17, 15) is 14.7 Å². The van der Waals surface area contributed by atoms with Gasteiger partial charge < -0.3 is 5.11 Å². The topological polar surface area (TPSA) is 57.6 Å². The standard InChI is InChI=1S/C17H23NO3/c1-11(17(2,3)4)9-15(19)18-13-8-6-5-7-12(13)10-14(18)16(20)21/h5-8,11,14H,9-10H2,1-4H3,(H,20,21). The van der Waals surface area contributed by atoms with E-state index in [0.29, 0.717) is 12.8 Å². The fourth-order valence-corrected chi connectivity index (χ4v) is 2.56. The van der Waals surface area contributed by atoms with Gasteiger partial charge in [0.2, 0.25) is 5.91 Å². The third kappa shape index (κ3) is 3.09. The molecule has 1 aromatic rings. The lowest BCUT2D eigenvalue weighted by Crippen LogP contribution is -2.44. The van der Waals surface area contributed by atoms with Crippen LogP contribution in [-0.2, 0) is 16.0 Å². The van der Waals surface area contributed by atoms with Gasteiger partial charge in [0, 0.05) is 18.5 Å². The first-order chi connectivity index (χ1) is 9.71. The largest absolute Gasteiger partial charge is 0.480 e. The van der Waals surface area contributed by atoms with Crippen molar-refractivity contribution in [3.05, 3.63) is 29.8 Å². The first-order valence-corrected chi connectivity index (χ1v) is 7.34. The molecule has 0 aromatic heterocycles. The van der Waals surface area contributed by atoms with Gasteiger partial charge in [0.15, 0.2) is 0 Å². The summed E-state index contributed by atoms with van der Waals surface area (Å²) in [7, 11) is 0. The van der Waals surface area contributed by atoms with Crippen LogP contribution in [0.15, 0.2) is 24.3 Å². The van der Waals surface area contributed by atoms with E-state index in [-0.39, 0.29) is 17.2 Å². The third-order valence-electron chi connectivity index (χ3n) is 4.49. The molecule has 0 aliphatic carbocycles. The summed E-state index contributed by atoms with van der Waals surface area (Å²) >= 11 is 0. The number of fused-ring (bicyclic) bond motifs is 1. The van der Waals surface area contributed by atoms with Gasteiger partial charge in [0.1, 0.15) is 6.04 Å². The molecule has 21 heavy (non-hydrogen) atoms. The average Bonchev–Trinajstić information content (AvgIpc) is 2.76. The molecular weight excluding hydrogens is 266 g/mol. The van der Waals surface area contributed by atoms with Crippen LogP contribution in [0.1, 0.15) is 39.7 Å². The number of carbonyl (C=O) groups is 2. The van der Waals surface area contributed by atoms with Crippen LogP contribution in [-0.4, -0.2) is 23.0 Å². The summed E-state index contributed by atoms with van der Waals surface area (Å²) < 4.78 is 0. The highest BCUT2D eigenvalue weighted by molar-refractivity contribution is 6.02. The summed E-state index contributed by atoms with van der Waals surface area (Å²) in [6.07, 6.45) is 0.753. The number of carboxylic acids is 1. The molecule has 1 aliphatic heterocycles. The van der Waals surface area contributed by atoms with E-state index in [1.54, 1.807) is 0 Å². The monoisotopic (exact) mass is 289 g/mol. The number of hydrogen-bond acceptors (Lipinski definition) is 2. The molecule has 0 saturated carbocycles. The van der Waals surface area contributed by atoms with Crippen molar-refractivity contribution < 1.29 is 14.7 Å². The predicted octanol–water partition coefficient (Wildman–Crippen LogP) is 3.10. The summed E-state index contributed by atoms with van der Waals surface area (Å²) in [6.45, 7) is 8.32. The maximum absolute atomic E-state index is 12.6. The molecule has 4 nitrogen and oxygen atoms in total. The van der Waals surface area contributed by atoms with Crippen LogP contribution in [0.4, 0.5) is 5.69 Å². The Morgan fingerprint density at radius 3 is 2.52 bits per heavy atom. The van der Waals surface area contributed by atoms with E-state index in [1.807, 2.05) is 31.2 Å². The molecule has 1 heterocycles. The molecule has 1 amide bonds. The Morgan fingerprint density at radius 2 is 1.95 bits per heavy atom. The highest BCUT2D eigenvalue weighted by Crippen LogP contribution is 2.35. The molecular formula is C17H23NO3. The Bertz CT molecular complexity index is 559. The number of aliphatic carboxylic acids is 1. The minimum Gasteiger partial charge on any atom is -0.480 e. The van der Waals surface area contributed by atoms with Crippen molar-refractivity contribution >= 4 is 17.6 Å². The molecule has 2 unspecified atom stereocenters. The van der Waals surface area contributed by atoms with Crippen molar-refractivity contribution in [2.24, 2.45) is 11.3 Å². The summed E-state index contributed by atoms with van der Waals surface area (Å²) in [6, 6.07) is 6.67. The molecule has 0 bridgehead atoms. The quantitative estimate of drug-likeness (QED) is 0.930. The summed E-state index contributed by atoms with van der Waals surface area (Å²) in [5.41, 5.74) is 1.70. The van der Waals surface area contributed by atoms with Crippen LogP contribution in [0.25, 0.3) is 0 Å². The maximum Gasteiger partial charge on any atom is 0.327 e. The first kappa shape index (κ1) is 15.5. The van der Waals surface area contributed by atoms with Crippen molar-refractivity contribution in [1.82, 2.24) is 0 Å². The number of amides is 1. The van der Waals surface area contributed by atoms with Gasteiger partial charge >= 0.3 is 5.97 Å². The Kier molecular flexibility index (Phi) is 4.08. The lowest BCUT2D eigenvalue weighted by atomic mass is 9.80. The van der Waals surface area contributed by atoms with Gasteiger partial charge in [-0.1, -0.05) is 45.9 Å². The van der Waals surface area contributed by atoms with Gasteiger partial charge in [0.25, 0.3) is 0 Å². The minimum atomic E-state index is -0.942. The zero-order valence-corrected chi connectivity index (χ0v) is 13.1. The van der Waals surface area contributed by atoms with Crippen molar-refractivity contribution in [3.8, 4) is 0 Å². The van der Waals surface area contributed by atoms with Crippen molar-refractivity contribution in [1.29, 1.82) is 0 Å². The lowest BCUT2D eigenvalue weighted by molar-refractivity contribution is -0.140. The number of hydrogen-bond donors (Lipinski definition) is 1. The second-order valence-corrected chi connectivity index (χ2v) is 6.92. The van der Waals surface area contributed by atoms with Gasteiger partial charge in [-0.25, -0.2) is 4.79 Å². The second kappa shape index (κ2) is 5.51. The lowest BCUT2D eigenvalue weighted by Gasteiger charge is -2.30. The maximum atomic E-state index is 12.6. The summed E-state index contributed by atoms with van der Waals surface area (Å²) in [5.74, 6) is -0.857. The van der Waals surface area contributed by atoms with Crippen LogP contribution in [0.2, 0.25) is 0 Å².